The van der Waals surface area contributed by atoms with E-state index >= 15 is 0 Å². The number of hydrogen-bond acceptors (Lipinski definition) is 3. The second kappa shape index (κ2) is 7.42. The Balaban J connectivity index is 1.59. The molecule has 1 N–H and O–H groups in total. The zero-order valence-electron chi connectivity index (χ0n) is 13.4. The zero-order valence-corrected chi connectivity index (χ0v) is 13.4. The standard InChI is InChI=1S/C20H18N2O2/c1-24-18-8-4-16(5-9-18)14-22-20(23)11-7-15-6-10-19-17(13-15)3-2-12-21-19/h2-13H,14H2,1H3,(H,22,23)/b11-7-. The maximum Gasteiger partial charge on any atom is 0.244 e. The number of rotatable bonds is 5. The van der Waals surface area contributed by atoms with Gasteiger partial charge in [0.15, 0.2) is 0 Å². The second-order valence-electron chi connectivity index (χ2n) is 5.35. The van der Waals surface area contributed by atoms with Gasteiger partial charge in [-0.15, -0.1) is 0 Å². The number of carbonyl (C=O) groups is 1. The highest BCUT2D eigenvalue weighted by atomic mass is 16.5. The average molecular weight is 318 g/mol. The molecule has 0 fully saturated rings. The van der Waals surface area contributed by atoms with E-state index in [4.69, 9.17) is 4.74 Å². The van der Waals surface area contributed by atoms with Gasteiger partial charge in [0, 0.05) is 24.2 Å². The lowest BCUT2D eigenvalue weighted by molar-refractivity contribution is -0.116. The summed E-state index contributed by atoms with van der Waals surface area (Å²) in [7, 11) is 1.63. The molecule has 4 heteroatoms. The molecule has 3 aromatic rings. The van der Waals surface area contributed by atoms with Gasteiger partial charge in [0.25, 0.3) is 0 Å². The molecular formula is C20H18N2O2. The van der Waals surface area contributed by atoms with Crippen LogP contribution in [0.15, 0.2) is 66.9 Å². The quantitative estimate of drug-likeness (QED) is 0.732. The van der Waals surface area contributed by atoms with Crippen LogP contribution >= 0.6 is 0 Å². The first-order valence-corrected chi connectivity index (χ1v) is 7.68. The molecule has 0 radical (unpaired) electrons. The van der Waals surface area contributed by atoms with Gasteiger partial charge >= 0.3 is 0 Å². The fourth-order valence-electron chi connectivity index (χ4n) is 2.36. The summed E-state index contributed by atoms with van der Waals surface area (Å²) >= 11 is 0. The van der Waals surface area contributed by atoms with E-state index in [9.17, 15) is 4.79 Å². The van der Waals surface area contributed by atoms with Crippen LogP contribution in [0.25, 0.3) is 17.0 Å². The van der Waals surface area contributed by atoms with E-state index in [1.165, 1.54) is 0 Å². The number of hydrogen-bond donors (Lipinski definition) is 1. The van der Waals surface area contributed by atoms with Gasteiger partial charge in [-0.1, -0.05) is 24.3 Å². The molecule has 1 aromatic heterocycles. The van der Waals surface area contributed by atoms with Crippen LogP contribution < -0.4 is 10.1 Å². The first-order chi connectivity index (χ1) is 11.7. The number of aromatic nitrogens is 1. The number of nitrogens with zero attached hydrogens (tertiary/aromatic N) is 1. The van der Waals surface area contributed by atoms with E-state index in [0.29, 0.717) is 6.54 Å². The maximum absolute atomic E-state index is 11.9. The van der Waals surface area contributed by atoms with Crippen molar-refractivity contribution in [3.8, 4) is 5.75 Å². The number of fused-ring (bicyclic) bond motifs is 1. The van der Waals surface area contributed by atoms with E-state index in [1.54, 1.807) is 25.5 Å². The highest BCUT2D eigenvalue weighted by molar-refractivity contribution is 5.92. The van der Waals surface area contributed by atoms with Crippen LogP contribution in [0.1, 0.15) is 11.1 Å². The third-order valence-electron chi connectivity index (χ3n) is 3.68. The summed E-state index contributed by atoms with van der Waals surface area (Å²) in [5, 5.41) is 3.92. The number of ether oxygens (including phenoxy) is 1. The van der Waals surface area contributed by atoms with Gasteiger partial charge in [0.05, 0.1) is 12.6 Å². The molecule has 24 heavy (non-hydrogen) atoms. The maximum atomic E-state index is 11.9. The Kier molecular flexibility index (Phi) is 4.87. The molecular weight excluding hydrogens is 300 g/mol. The Morgan fingerprint density at radius 3 is 2.79 bits per heavy atom. The molecule has 0 unspecified atom stereocenters. The van der Waals surface area contributed by atoms with Crippen molar-refractivity contribution in [1.82, 2.24) is 10.3 Å². The first kappa shape index (κ1) is 15.7. The molecule has 120 valence electrons. The molecule has 0 saturated carbocycles. The van der Waals surface area contributed by atoms with Crippen molar-refractivity contribution < 1.29 is 9.53 Å². The summed E-state index contributed by atoms with van der Waals surface area (Å²) in [5.74, 6) is 0.674. The van der Waals surface area contributed by atoms with E-state index in [-0.39, 0.29) is 5.91 Å². The normalized spacial score (nSPS) is 10.9. The second-order valence-corrected chi connectivity index (χ2v) is 5.35. The minimum Gasteiger partial charge on any atom is -0.497 e. The van der Waals surface area contributed by atoms with Crippen molar-refractivity contribution in [1.29, 1.82) is 0 Å². The zero-order chi connectivity index (χ0) is 16.8. The van der Waals surface area contributed by atoms with Crippen LogP contribution in [0.4, 0.5) is 0 Å². The van der Waals surface area contributed by atoms with E-state index < -0.39 is 0 Å². The number of methoxy groups -OCH3 is 1. The van der Waals surface area contributed by atoms with Gasteiger partial charge in [-0.05, 0) is 47.5 Å². The van der Waals surface area contributed by atoms with Gasteiger partial charge < -0.3 is 10.1 Å². The number of benzene rings is 2. The van der Waals surface area contributed by atoms with E-state index in [1.807, 2.05) is 54.6 Å². The minimum absolute atomic E-state index is 0.128. The van der Waals surface area contributed by atoms with Crippen LogP contribution in [0.5, 0.6) is 5.75 Å². The molecule has 0 atom stereocenters. The fraction of sp³-hybridized carbons (Fsp3) is 0.100. The van der Waals surface area contributed by atoms with Crippen LogP contribution in [-0.2, 0) is 11.3 Å². The van der Waals surface area contributed by atoms with Crippen molar-refractivity contribution >= 4 is 22.9 Å². The Bertz CT molecular complexity index is 870. The van der Waals surface area contributed by atoms with Crippen molar-refractivity contribution in [3.63, 3.8) is 0 Å². The molecule has 0 spiro atoms. The van der Waals surface area contributed by atoms with Crippen LogP contribution in [-0.4, -0.2) is 18.0 Å². The molecule has 2 aromatic carbocycles. The van der Waals surface area contributed by atoms with Crippen molar-refractivity contribution in [2.24, 2.45) is 0 Å². The smallest absolute Gasteiger partial charge is 0.244 e. The first-order valence-electron chi connectivity index (χ1n) is 7.68. The Labute approximate surface area is 140 Å². The highest BCUT2D eigenvalue weighted by Crippen LogP contribution is 2.14. The van der Waals surface area contributed by atoms with Gasteiger partial charge in [0.2, 0.25) is 5.91 Å². The lowest BCUT2D eigenvalue weighted by Gasteiger charge is -2.04. The van der Waals surface area contributed by atoms with Gasteiger partial charge in [-0.2, -0.15) is 0 Å². The SMILES string of the molecule is COc1ccc(CNC(=O)/C=C\c2ccc3ncccc3c2)cc1. The molecule has 0 bridgehead atoms. The monoisotopic (exact) mass is 318 g/mol. The Morgan fingerprint density at radius 2 is 2.00 bits per heavy atom. The van der Waals surface area contributed by atoms with Crippen molar-refractivity contribution in [3.05, 3.63) is 78.0 Å². The number of carbonyl (C=O) groups excluding carboxylic acids is 1. The summed E-state index contributed by atoms with van der Waals surface area (Å²) in [6, 6.07) is 17.4. The predicted octanol–water partition coefficient (Wildman–Crippen LogP) is 3.57. The minimum atomic E-state index is -0.128. The Hall–Kier alpha value is -3.14. The summed E-state index contributed by atoms with van der Waals surface area (Å²) in [5.41, 5.74) is 2.93. The van der Waals surface area contributed by atoms with E-state index in [2.05, 4.69) is 10.3 Å². The lowest BCUT2D eigenvalue weighted by atomic mass is 10.1. The highest BCUT2D eigenvalue weighted by Gasteiger charge is 1.99. The topological polar surface area (TPSA) is 51.2 Å². The molecule has 1 amide bonds. The Morgan fingerprint density at radius 1 is 1.17 bits per heavy atom. The van der Waals surface area contributed by atoms with Gasteiger partial charge in [-0.3, -0.25) is 9.78 Å². The summed E-state index contributed by atoms with van der Waals surface area (Å²) in [6.07, 6.45) is 5.11. The molecule has 0 saturated heterocycles. The number of pyridine rings is 1. The lowest BCUT2D eigenvalue weighted by Crippen LogP contribution is -2.20. The molecule has 1 heterocycles. The third kappa shape index (κ3) is 3.98. The molecule has 3 rings (SSSR count). The number of nitrogens with one attached hydrogen (secondary N) is 1. The summed E-state index contributed by atoms with van der Waals surface area (Å²) in [4.78, 5) is 16.2. The van der Waals surface area contributed by atoms with Crippen LogP contribution in [0.2, 0.25) is 0 Å². The summed E-state index contributed by atoms with van der Waals surface area (Å²) < 4.78 is 5.11. The molecule has 0 aliphatic rings. The molecule has 0 aliphatic carbocycles. The van der Waals surface area contributed by atoms with E-state index in [0.717, 1.165) is 27.8 Å². The van der Waals surface area contributed by atoms with Crippen molar-refractivity contribution in [2.45, 2.75) is 6.54 Å². The predicted molar refractivity (Wildman–Crippen MR) is 95.6 cm³/mol. The largest absolute Gasteiger partial charge is 0.497 e. The molecule has 0 aliphatic heterocycles. The van der Waals surface area contributed by atoms with Gasteiger partial charge in [-0.25, -0.2) is 0 Å². The van der Waals surface area contributed by atoms with Crippen LogP contribution in [0, 0.1) is 0 Å². The van der Waals surface area contributed by atoms with Crippen molar-refractivity contribution in [2.75, 3.05) is 7.11 Å². The van der Waals surface area contributed by atoms with Crippen LogP contribution in [0.3, 0.4) is 0 Å². The average Bonchev–Trinajstić information content (AvgIpc) is 2.65. The van der Waals surface area contributed by atoms with Gasteiger partial charge in [0.1, 0.15) is 5.75 Å². The number of amides is 1. The fourth-order valence-corrected chi connectivity index (χ4v) is 2.36. The summed E-state index contributed by atoms with van der Waals surface area (Å²) in [6.45, 7) is 0.481. The molecule has 4 nitrogen and oxygen atoms in total. The third-order valence-corrected chi connectivity index (χ3v) is 3.68.